The Balaban J connectivity index is 1.82. The fraction of sp³-hybridized carbons (Fsp3) is 0.467. The lowest BCUT2D eigenvalue weighted by Crippen LogP contribution is -2.37. The SMILES string of the molecule is CCC1(C(=O)Nc2nc3ccc(OC)cc3s2)CCNC1. The molecule has 1 aliphatic heterocycles. The van der Waals surface area contributed by atoms with Crippen molar-refractivity contribution in [1.82, 2.24) is 10.3 Å². The highest BCUT2D eigenvalue weighted by Crippen LogP contribution is 2.33. The molecule has 6 heteroatoms. The highest BCUT2D eigenvalue weighted by Gasteiger charge is 2.39. The molecule has 1 amide bonds. The maximum Gasteiger partial charge on any atom is 0.233 e. The number of fused-ring (bicyclic) bond motifs is 1. The van der Waals surface area contributed by atoms with E-state index in [9.17, 15) is 4.79 Å². The number of methoxy groups -OCH3 is 1. The Bertz CT molecular complexity index is 662. The Morgan fingerprint density at radius 2 is 2.43 bits per heavy atom. The number of rotatable bonds is 4. The molecule has 0 saturated carbocycles. The molecule has 1 saturated heterocycles. The van der Waals surface area contributed by atoms with Crippen molar-refractivity contribution < 1.29 is 9.53 Å². The van der Waals surface area contributed by atoms with Crippen molar-refractivity contribution in [2.24, 2.45) is 5.41 Å². The molecule has 21 heavy (non-hydrogen) atoms. The molecule has 1 unspecified atom stereocenters. The van der Waals surface area contributed by atoms with E-state index >= 15 is 0 Å². The van der Waals surface area contributed by atoms with Crippen molar-refractivity contribution in [3.05, 3.63) is 18.2 Å². The minimum Gasteiger partial charge on any atom is -0.497 e. The van der Waals surface area contributed by atoms with Crippen molar-refractivity contribution in [1.29, 1.82) is 0 Å². The molecule has 5 nitrogen and oxygen atoms in total. The molecule has 3 rings (SSSR count). The van der Waals surface area contributed by atoms with Crippen molar-refractivity contribution in [3.63, 3.8) is 0 Å². The van der Waals surface area contributed by atoms with Crippen LogP contribution in [-0.4, -0.2) is 31.1 Å². The maximum absolute atomic E-state index is 12.6. The van der Waals surface area contributed by atoms with Gasteiger partial charge in [-0.3, -0.25) is 4.79 Å². The van der Waals surface area contributed by atoms with E-state index in [1.54, 1.807) is 7.11 Å². The van der Waals surface area contributed by atoms with E-state index in [2.05, 4.69) is 22.5 Å². The van der Waals surface area contributed by atoms with E-state index in [0.29, 0.717) is 5.13 Å². The van der Waals surface area contributed by atoms with Crippen LogP contribution in [0.2, 0.25) is 0 Å². The number of carbonyl (C=O) groups excluding carboxylic acids is 1. The summed E-state index contributed by atoms with van der Waals surface area (Å²) < 4.78 is 6.22. The lowest BCUT2D eigenvalue weighted by Gasteiger charge is -2.24. The molecule has 1 aromatic carbocycles. The topological polar surface area (TPSA) is 63.2 Å². The number of nitrogens with one attached hydrogen (secondary N) is 2. The largest absolute Gasteiger partial charge is 0.497 e. The van der Waals surface area contributed by atoms with Gasteiger partial charge in [0.05, 0.1) is 22.7 Å². The van der Waals surface area contributed by atoms with E-state index in [1.807, 2.05) is 18.2 Å². The monoisotopic (exact) mass is 305 g/mol. The molecule has 0 spiro atoms. The zero-order valence-corrected chi connectivity index (χ0v) is 13.0. The predicted octanol–water partition coefficient (Wildman–Crippen LogP) is 2.63. The van der Waals surface area contributed by atoms with Crippen LogP contribution in [0.3, 0.4) is 0 Å². The zero-order chi connectivity index (χ0) is 14.9. The van der Waals surface area contributed by atoms with Gasteiger partial charge in [0.2, 0.25) is 5.91 Å². The summed E-state index contributed by atoms with van der Waals surface area (Å²) in [7, 11) is 1.64. The van der Waals surface area contributed by atoms with Crippen LogP contribution in [0.15, 0.2) is 18.2 Å². The van der Waals surface area contributed by atoms with Gasteiger partial charge in [-0.1, -0.05) is 18.3 Å². The van der Waals surface area contributed by atoms with Gasteiger partial charge < -0.3 is 15.4 Å². The standard InChI is InChI=1S/C15H19N3O2S/c1-3-15(6-7-16-9-15)13(19)18-14-17-11-5-4-10(20-2)8-12(11)21-14/h4-5,8,16H,3,6-7,9H2,1-2H3,(H,17,18,19). The van der Waals surface area contributed by atoms with Crippen molar-refractivity contribution >= 4 is 32.6 Å². The van der Waals surface area contributed by atoms with E-state index < -0.39 is 0 Å². The average Bonchev–Trinajstić information content (AvgIpc) is 3.13. The van der Waals surface area contributed by atoms with Gasteiger partial charge in [-0.05, 0) is 37.6 Å². The first-order valence-corrected chi connectivity index (χ1v) is 7.95. The maximum atomic E-state index is 12.6. The van der Waals surface area contributed by atoms with Gasteiger partial charge in [-0.2, -0.15) is 0 Å². The molecule has 0 aliphatic carbocycles. The summed E-state index contributed by atoms with van der Waals surface area (Å²) in [5.74, 6) is 0.870. The van der Waals surface area contributed by atoms with Crippen molar-refractivity contribution in [3.8, 4) is 5.75 Å². The Hall–Kier alpha value is -1.66. The van der Waals surface area contributed by atoms with Crippen molar-refractivity contribution in [2.45, 2.75) is 19.8 Å². The summed E-state index contributed by atoms with van der Waals surface area (Å²) in [4.78, 5) is 17.0. The number of ether oxygens (including phenoxy) is 1. The van der Waals surface area contributed by atoms with Crippen LogP contribution < -0.4 is 15.4 Å². The third-order valence-electron chi connectivity index (χ3n) is 4.22. The van der Waals surface area contributed by atoms with Crippen LogP contribution in [0.4, 0.5) is 5.13 Å². The third-order valence-corrected chi connectivity index (χ3v) is 5.15. The van der Waals surface area contributed by atoms with Gasteiger partial charge >= 0.3 is 0 Å². The van der Waals surface area contributed by atoms with Crippen molar-refractivity contribution in [2.75, 3.05) is 25.5 Å². The Kier molecular flexibility index (Phi) is 3.82. The summed E-state index contributed by atoms with van der Waals surface area (Å²) >= 11 is 1.48. The van der Waals surface area contributed by atoms with E-state index in [0.717, 1.165) is 41.9 Å². The quantitative estimate of drug-likeness (QED) is 0.911. The summed E-state index contributed by atoms with van der Waals surface area (Å²) in [6.45, 7) is 3.71. The number of aromatic nitrogens is 1. The molecule has 1 fully saturated rings. The number of benzene rings is 1. The third kappa shape index (κ3) is 2.61. The second-order valence-electron chi connectivity index (χ2n) is 5.37. The molecular weight excluding hydrogens is 286 g/mol. The van der Waals surface area contributed by atoms with Crippen LogP contribution in [0.25, 0.3) is 10.2 Å². The van der Waals surface area contributed by atoms with Crippen LogP contribution in [0.5, 0.6) is 5.75 Å². The normalized spacial score (nSPS) is 21.6. The summed E-state index contributed by atoms with van der Waals surface area (Å²) in [5.41, 5.74) is 0.585. The Morgan fingerprint density at radius 1 is 1.57 bits per heavy atom. The fourth-order valence-corrected chi connectivity index (χ4v) is 3.60. The summed E-state index contributed by atoms with van der Waals surface area (Å²) in [5, 5.41) is 6.92. The lowest BCUT2D eigenvalue weighted by atomic mass is 9.83. The van der Waals surface area contributed by atoms with Gasteiger partial charge in [0.15, 0.2) is 5.13 Å². The molecule has 2 heterocycles. The number of carbonyl (C=O) groups is 1. The summed E-state index contributed by atoms with van der Waals surface area (Å²) in [6.07, 6.45) is 1.72. The number of nitrogens with zero attached hydrogens (tertiary/aromatic N) is 1. The molecule has 2 N–H and O–H groups in total. The lowest BCUT2D eigenvalue weighted by molar-refractivity contribution is -0.124. The average molecular weight is 305 g/mol. The second kappa shape index (κ2) is 5.61. The van der Waals surface area contributed by atoms with Gasteiger partial charge in [-0.25, -0.2) is 4.98 Å². The Labute approximate surface area is 127 Å². The first kappa shape index (κ1) is 14.3. The number of amides is 1. The van der Waals surface area contributed by atoms with Crippen LogP contribution in [0, 0.1) is 5.41 Å². The number of thiazole rings is 1. The highest BCUT2D eigenvalue weighted by molar-refractivity contribution is 7.22. The minimum atomic E-state index is -0.296. The number of hydrogen-bond donors (Lipinski definition) is 2. The first-order chi connectivity index (χ1) is 10.2. The second-order valence-corrected chi connectivity index (χ2v) is 6.40. The minimum absolute atomic E-state index is 0.0704. The molecule has 1 atom stereocenters. The molecular formula is C15H19N3O2S. The molecule has 1 aromatic heterocycles. The first-order valence-electron chi connectivity index (χ1n) is 7.13. The molecule has 0 bridgehead atoms. The van der Waals surface area contributed by atoms with E-state index in [4.69, 9.17) is 4.74 Å². The molecule has 2 aromatic rings. The smallest absolute Gasteiger partial charge is 0.233 e. The molecule has 0 radical (unpaired) electrons. The molecule has 1 aliphatic rings. The van der Waals surface area contributed by atoms with E-state index in [-0.39, 0.29) is 11.3 Å². The fourth-order valence-electron chi connectivity index (χ4n) is 2.71. The van der Waals surface area contributed by atoms with Crippen LogP contribution >= 0.6 is 11.3 Å². The molecule has 112 valence electrons. The van der Waals surface area contributed by atoms with Gasteiger partial charge in [-0.15, -0.1) is 0 Å². The van der Waals surface area contributed by atoms with Crippen LogP contribution in [-0.2, 0) is 4.79 Å². The van der Waals surface area contributed by atoms with Gasteiger partial charge in [0.25, 0.3) is 0 Å². The number of hydrogen-bond acceptors (Lipinski definition) is 5. The van der Waals surface area contributed by atoms with Gasteiger partial charge in [0.1, 0.15) is 5.75 Å². The highest BCUT2D eigenvalue weighted by atomic mass is 32.1. The van der Waals surface area contributed by atoms with Crippen LogP contribution in [0.1, 0.15) is 19.8 Å². The van der Waals surface area contributed by atoms with E-state index in [1.165, 1.54) is 11.3 Å². The summed E-state index contributed by atoms with van der Waals surface area (Å²) in [6, 6.07) is 5.73. The Morgan fingerprint density at radius 3 is 3.10 bits per heavy atom. The zero-order valence-electron chi connectivity index (χ0n) is 12.2. The predicted molar refractivity (Wildman–Crippen MR) is 85.0 cm³/mol. The van der Waals surface area contributed by atoms with Gasteiger partial charge in [0, 0.05) is 6.54 Å². The number of anilines is 1.